The van der Waals surface area contributed by atoms with Gasteiger partial charge in [-0.15, -0.1) is 0 Å². The molecule has 0 aromatic carbocycles. The lowest BCUT2D eigenvalue weighted by Gasteiger charge is -2.24. The van der Waals surface area contributed by atoms with Gasteiger partial charge in [0.25, 0.3) is 0 Å². The number of hydrogen-bond acceptors (Lipinski definition) is 2. The lowest BCUT2D eigenvalue weighted by Crippen LogP contribution is -2.42. The molecule has 0 saturated carbocycles. The summed E-state index contributed by atoms with van der Waals surface area (Å²) < 4.78 is 0. The lowest BCUT2D eigenvalue weighted by atomic mass is 9.82. The summed E-state index contributed by atoms with van der Waals surface area (Å²) in [5, 5.41) is 3.99. The molecule has 0 radical (unpaired) electrons. The van der Waals surface area contributed by atoms with Crippen LogP contribution in [-0.2, 0) is 4.79 Å². The largest absolute Gasteiger partial charge is 0.363 e. The smallest absolute Gasteiger partial charge is 0.246 e. The van der Waals surface area contributed by atoms with E-state index in [9.17, 15) is 4.79 Å². The Bertz CT molecular complexity index is 532. The Morgan fingerprint density at radius 2 is 1.68 bits per heavy atom. The number of amides is 1. The molecular weight excluding hydrogens is 330 g/mol. The molecule has 0 atom stereocenters. The van der Waals surface area contributed by atoms with Gasteiger partial charge < -0.3 is 15.1 Å². The van der Waals surface area contributed by atoms with E-state index >= 15 is 0 Å². The highest BCUT2D eigenvalue weighted by Crippen LogP contribution is 2.30. The number of rotatable bonds is 4. The van der Waals surface area contributed by atoms with Gasteiger partial charge in [0.1, 0.15) is 0 Å². The minimum Gasteiger partial charge on any atom is -0.363 e. The second-order valence-electron chi connectivity index (χ2n) is 7.63. The Hall–Kier alpha value is -1.36. The van der Waals surface area contributed by atoms with Crippen LogP contribution in [0.1, 0.15) is 54.4 Å². The number of hydrogen-bond donors (Lipinski definition) is 1. The fraction of sp³-hybridized carbons (Fsp3) is 0.700. The SMILES string of the molecule is CCNC(=S)N1CCCN(C(=O)/C=C/C(=C(\C)CC)C(C)(C)C)CC1. The Morgan fingerprint density at radius 3 is 2.24 bits per heavy atom. The number of carbonyl (C=O) groups excluding carboxylic acids is 1. The zero-order chi connectivity index (χ0) is 19.0. The van der Waals surface area contributed by atoms with Gasteiger partial charge in [0.2, 0.25) is 5.91 Å². The van der Waals surface area contributed by atoms with Gasteiger partial charge in [0.15, 0.2) is 5.11 Å². The molecule has 1 heterocycles. The summed E-state index contributed by atoms with van der Waals surface area (Å²) in [5.74, 6) is 0.0990. The van der Waals surface area contributed by atoms with E-state index < -0.39 is 0 Å². The first-order valence-electron chi connectivity index (χ1n) is 9.40. The van der Waals surface area contributed by atoms with E-state index in [1.54, 1.807) is 6.08 Å². The zero-order valence-electron chi connectivity index (χ0n) is 16.8. The van der Waals surface area contributed by atoms with Crippen LogP contribution in [0.25, 0.3) is 0 Å². The molecular formula is C20H35N3OS. The summed E-state index contributed by atoms with van der Waals surface area (Å²) in [6, 6.07) is 0. The van der Waals surface area contributed by atoms with Crippen molar-refractivity contribution < 1.29 is 4.79 Å². The fourth-order valence-electron chi connectivity index (χ4n) is 3.09. The number of allylic oxidation sites excluding steroid dienone is 3. The number of nitrogens with one attached hydrogen (secondary N) is 1. The Morgan fingerprint density at radius 1 is 1.08 bits per heavy atom. The molecule has 0 unspecified atom stereocenters. The summed E-state index contributed by atoms with van der Waals surface area (Å²) in [6.07, 6.45) is 5.72. The van der Waals surface area contributed by atoms with Crippen LogP contribution < -0.4 is 5.32 Å². The van der Waals surface area contributed by atoms with Crippen molar-refractivity contribution in [1.29, 1.82) is 0 Å². The van der Waals surface area contributed by atoms with E-state index in [-0.39, 0.29) is 11.3 Å². The highest BCUT2D eigenvalue weighted by atomic mass is 32.1. The summed E-state index contributed by atoms with van der Waals surface area (Å²) in [6.45, 7) is 17.0. The number of nitrogens with zero attached hydrogens (tertiary/aromatic N) is 2. The number of thiocarbonyl (C=S) groups is 1. The zero-order valence-corrected chi connectivity index (χ0v) is 17.6. The minimum absolute atomic E-state index is 0.0461. The summed E-state index contributed by atoms with van der Waals surface area (Å²) in [4.78, 5) is 16.7. The van der Waals surface area contributed by atoms with E-state index in [2.05, 4.69) is 44.8 Å². The first-order chi connectivity index (χ1) is 11.7. The van der Waals surface area contributed by atoms with Crippen molar-refractivity contribution in [1.82, 2.24) is 15.1 Å². The highest BCUT2D eigenvalue weighted by molar-refractivity contribution is 7.80. The molecule has 1 rings (SSSR count). The molecule has 0 bridgehead atoms. The van der Waals surface area contributed by atoms with Gasteiger partial charge in [-0.2, -0.15) is 0 Å². The summed E-state index contributed by atoms with van der Waals surface area (Å²) in [5.41, 5.74) is 2.65. The van der Waals surface area contributed by atoms with Crippen molar-refractivity contribution in [2.24, 2.45) is 5.41 Å². The molecule has 1 aliphatic rings. The van der Waals surface area contributed by atoms with Gasteiger partial charge >= 0.3 is 0 Å². The van der Waals surface area contributed by atoms with Gasteiger partial charge in [0, 0.05) is 38.8 Å². The molecule has 1 amide bonds. The van der Waals surface area contributed by atoms with Crippen LogP contribution in [0.3, 0.4) is 0 Å². The van der Waals surface area contributed by atoms with E-state index in [1.807, 2.05) is 17.9 Å². The lowest BCUT2D eigenvalue weighted by molar-refractivity contribution is -0.125. The molecule has 142 valence electrons. The Kier molecular flexibility index (Phi) is 8.63. The van der Waals surface area contributed by atoms with Crippen molar-refractivity contribution >= 4 is 23.2 Å². The average Bonchev–Trinajstić information content (AvgIpc) is 2.79. The third-order valence-electron chi connectivity index (χ3n) is 4.61. The molecule has 4 nitrogen and oxygen atoms in total. The van der Waals surface area contributed by atoms with Crippen LogP contribution in [-0.4, -0.2) is 53.5 Å². The van der Waals surface area contributed by atoms with Gasteiger partial charge in [-0.25, -0.2) is 0 Å². The molecule has 1 fully saturated rings. The summed E-state index contributed by atoms with van der Waals surface area (Å²) in [7, 11) is 0. The predicted molar refractivity (Wildman–Crippen MR) is 111 cm³/mol. The number of carbonyl (C=O) groups is 1. The monoisotopic (exact) mass is 365 g/mol. The highest BCUT2D eigenvalue weighted by Gasteiger charge is 2.20. The second kappa shape index (κ2) is 9.95. The first kappa shape index (κ1) is 21.7. The standard InChI is InChI=1S/C20H35N3OS/c1-7-16(3)17(20(4,5)6)10-11-18(24)22-12-9-13-23(15-14-22)19(25)21-8-2/h10-11H,7-9,12-15H2,1-6H3,(H,21,25)/b11-10+,17-16-. The van der Waals surface area contributed by atoms with Gasteiger partial charge in [0.05, 0.1) is 0 Å². The van der Waals surface area contributed by atoms with Crippen LogP contribution in [0.4, 0.5) is 0 Å². The van der Waals surface area contributed by atoms with Crippen molar-refractivity contribution in [2.75, 3.05) is 32.7 Å². The summed E-state index contributed by atoms with van der Waals surface area (Å²) >= 11 is 5.40. The van der Waals surface area contributed by atoms with Gasteiger partial charge in [-0.3, -0.25) is 4.79 Å². The molecule has 25 heavy (non-hydrogen) atoms. The van der Waals surface area contributed by atoms with Crippen LogP contribution in [0.2, 0.25) is 0 Å². The fourth-order valence-corrected chi connectivity index (χ4v) is 3.41. The third-order valence-corrected chi connectivity index (χ3v) is 5.02. The molecule has 1 N–H and O–H groups in total. The average molecular weight is 366 g/mol. The predicted octanol–water partition coefficient (Wildman–Crippen LogP) is 3.74. The first-order valence-corrected chi connectivity index (χ1v) is 9.81. The van der Waals surface area contributed by atoms with Crippen LogP contribution >= 0.6 is 12.2 Å². The third kappa shape index (κ3) is 6.81. The molecule has 0 aromatic heterocycles. The second-order valence-corrected chi connectivity index (χ2v) is 8.02. The minimum atomic E-state index is 0.0461. The van der Waals surface area contributed by atoms with E-state index in [0.717, 1.165) is 50.7 Å². The molecule has 1 aliphatic heterocycles. The molecule has 0 aromatic rings. The van der Waals surface area contributed by atoms with E-state index in [4.69, 9.17) is 12.2 Å². The van der Waals surface area contributed by atoms with Crippen LogP contribution in [0, 0.1) is 5.41 Å². The van der Waals surface area contributed by atoms with E-state index in [0.29, 0.717) is 0 Å². The molecule has 5 heteroatoms. The normalized spacial score (nSPS) is 17.4. The maximum atomic E-state index is 12.6. The van der Waals surface area contributed by atoms with Gasteiger partial charge in [-0.1, -0.05) is 39.3 Å². The Balaban J connectivity index is 2.76. The van der Waals surface area contributed by atoms with E-state index in [1.165, 1.54) is 11.1 Å². The maximum Gasteiger partial charge on any atom is 0.246 e. The van der Waals surface area contributed by atoms with Crippen molar-refractivity contribution in [3.05, 3.63) is 23.3 Å². The Labute approximate surface area is 159 Å². The van der Waals surface area contributed by atoms with Crippen molar-refractivity contribution in [3.8, 4) is 0 Å². The maximum absolute atomic E-state index is 12.6. The van der Waals surface area contributed by atoms with Crippen molar-refractivity contribution in [2.45, 2.75) is 54.4 Å². The molecule has 0 spiro atoms. The van der Waals surface area contributed by atoms with Crippen LogP contribution in [0.15, 0.2) is 23.3 Å². The quantitative estimate of drug-likeness (QED) is 0.468. The molecule has 1 saturated heterocycles. The van der Waals surface area contributed by atoms with Crippen molar-refractivity contribution in [3.63, 3.8) is 0 Å². The van der Waals surface area contributed by atoms with Crippen LogP contribution in [0.5, 0.6) is 0 Å². The molecule has 0 aliphatic carbocycles. The topological polar surface area (TPSA) is 35.6 Å². The van der Waals surface area contributed by atoms with Gasteiger partial charge in [-0.05, 0) is 49.9 Å².